The van der Waals surface area contributed by atoms with Crippen LogP contribution in [0.4, 0.5) is 4.39 Å². The monoisotopic (exact) mass is 186 g/mol. The van der Waals surface area contributed by atoms with Gasteiger partial charge in [0.2, 0.25) is 0 Å². The Kier molecular flexibility index (Phi) is 2.98. The zero-order valence-corrected chi connectivity index (χ0v) is 7.86. The molecule has 0 aliphatic heterocycles. The number of phenolic OH excluding ortho intramolecular Hbond substituents is 1. The van der Waals surface area contributed by atoms with E-state index < -0.39 is 0 Å². The first kappa shape index (κ1) is 9.39. The van der Waals surface area contributed by atoms with Crippen molar-refractivity contribution < 1.29 is 9.50 Å². The Morgan fingerprint density at radius 3 is 2.67 bits per heavy atom. The van der Waals surface area contributed by atoms with Gasteiger partial charge in [0.05, 0.1) is 0 Å². The lowest BCUT2D eigenvalue weighted by molar-refractivity contribution is 0.468. The topological polar surface area (TPSA) is 20.2 Å². The highest BCUT2D eigenvalue weighted by atomic mass is 32.2. The Morgan fingerprint density at radius 1 is 1.50 bits per heavy atom. The Balaban J connectivity index is 3.01. The molecule has 0 aliphatic carbocycles. The second kappa shape index (κ2) is 3.81. The normalized spacial score (nSPS) is 12.9. The molecule has 0 saturated heterocycles. The van der Waals surface area contributed by atoms with E-state index in [2.05, 4.69) is 0 Å². The molecule has 0 amide bonds. The van der Waals surface area contributed by atoms with E-state index >= 15 is 0 Å². The summed E-state index contributed by atoms with van der Waals surface area (Å²) < 4.78 is 13.1. The number of hydrogen-bond acceptors (Lipinski definition) is 2. The molecule has 0 aliphatic rings. The second-order valence-electron chi connectivity index (χ2n) is 2.58. The molecule has 1 rings (SSSR count). The van der Waals surface area contributed by atoms with Crippen molar-refractivity contribution in [1.29, 1.82) is 0 Å². The Hall–Kier alpha value is -0.700. The SMILES string of the molecule is CSC(C)c1ccc(O)cc1F. The minimum Gasteiger partial charge on any atom is -0.508 e. The maximum atomic E-state index is 13.1. The fourth-order valence-corrected chi connectivity index (χ4v) is 1.42. The predicted octanol–water partition coefficient (Wildman–Crippen LogP) is 2.96. The van der Waals surface area contributed by atoms with E-state index in [1.54, 1.807) is 17.8 Å². The summed E-state index contributed by atoms with van der Waals surface area (Å²) in [6.45, 7) is 1.93. The molecule has 0 spiro atoms. The van der Waals surface area contributed by atoms with Crippen LogP contribution >= 0.6 is 11.8 Å². The van der Waals surface area contributed by atoms with Gasteiger partial charge in [0, 0.05) is 16.9 Å². The molecular formula is C9H11FOS. The minimum absolute atomic E-state index is 0.0236. The minimum atomic E-state index is -0.336. The molecule has 1 unspecified atom stereocenters. The summed E-state index contributed by atoms with van der Waals surface area (Å²) in [6, 6.07) is 4.26. The van der Waals surface area contributed by atoms with Gasteiger partial charge in [-0.15, -0.1) is 0 Å². The van der Waals surface area contributed by atoms with Gasteiger partial charge in [-0.2, -0.15) is 11.8 Å². The number of hydrogen-bond donors (Lipinski definition) is 1. The van der Waals surface area contributed by atoms with Gasteiger partial charge in [0.1, 0.15) is 11.6 Å². The molecule has 3 heteroatoms. The van der Waals surface area contributed by atoms with E-state index in [1.807, 2.05) is 13.2 Å². The smallest absolute Gasteiger partial charge is 0.131 e. The summed E-state index contributed by atoms with van der Waals surface area (Å²) in [4.78, 5) is 0. The second-order valence-corrected chi connectivity index (χ2v) is 3.76. The number of halogens is 1. The molecule has 1 atom stereocenters. The van der Waals surface area contributed by atoms with Crippen molar-refractivity contribution in [2.75, 3.05) is 6.26 Å². The fourth-order valence-electron chi connectivity index (χ4n) is 0.973. The summed E-state index contributed by atoms with van der Waals surface area (Å²) in [5.74, 6) is -0.360. The van der Waals surface area contributed by atoms with Crippen molar-refractivity contribution in [3.63, 3.8) is 0 Å². The number of thioether (sulfide) groups is 1. The summed E-state index contributed by atoms with van der Waals surface area (Å²) in [5, 5.41) is 9.08. The molecule has 0 aromatic heterocycles. The standard InChI is InChI=1S/C9H11FOS/c1-6(12-2)8-4-3-7(11)5-9(8)10/h3-6,11H,1-2H3. The van der Waals surface area contributed by atoms with Crippen LogP contribution in [0.3, 0.4) is 0 Å². The van der Waals surface area contributed by atoms with Crippen LogP contribution in [0.2, 0.25) is 0 Å². The lowest BCUT2D eigenvalue weighted by Crippen LogP contribution is -1.91. The highest BCUT2D eigenvalue weighted by molar-refractivity contribution is 7.98. The molecule has 1 nitrogen and oxygen atoms in total. The average Bonchev–Trinajstić information content (AvgIpc) is 2.03. The van der Waals surface area contributed by atoms with Gasteiger partial charge in [0.25, 0.3) is 0 Å². The Bertz CT molecular complexity index is 275. The number of phenols is 1. The van der Waals surface area contributed by atoms with Crippen LogP contribution in [0.5, 0.6) is 5.75 Å². The van der Waals surface area contributed by atoms with Gasteiger partial charge in [-0.05, 0) is 19.2 Å². The molecule has 12 heavy (non-hydrogen) atoms. The average molecular weight is 186 g/mol. The molecule has 1 aromatic rings. The third-order valence-corrected chi connectivity index (χ3v) is 2.74. The Morgan fingerprint density at radius 2 is 2.17 bits per heavy atom. The lowest BCUT2D eigenvalue weighted by Gasteiger charge is -2.09. The summed E-state index contributed by atoms with van der Waals surface area (Å²) in [6.07, 6.45) is 1.93. The lowest BCUT2D eigenvalue weighted by atomic mass is 10.1. The fraction of sp³-hybridized carbons (Fsp3) is 0.333. The van der Waals surface area contributed by atoms with Gasteiger partial charge in [-0.25, -0.2) is 4.39 Å². The van der Waals surface area contributed by atoms with Crippen LogP contribution in [0, 0.1) is 5.82 Å². The maximum absolute atomic E-state index is 13.1. The van der Waals surface area contributed by atoms with Crippen molar-refractivity contribution in [2.45, 2.75) is 12.2 Å². The highest BCUT2D eigenvalue weighted by Gasteiger charge is 2.09. The van der Waals surface area contributed by atoms with Gasteiger partial charge >= 0.3 is 0 Å². The predicted molar refractivity (Wildman–Crippen MR) is 50.0 cm³/mol. The van der Waals surface area contributed by atoms with Crippen molar-refractivity contribution >= 4 is 11.8 Å². The molecule has 1 N–H and O–H groups in total. The first-order chi connectivity index (χ1) is 5.65. The van der Waals surface area contributed by atoms with Gasteiger partial charge < -0.3 is 5.11 Å². The van der Waals surface area contributed by atoms with Crippen molar-refractivity contribution in [2.24, 2.45) is 0 Å². The molecule has 0 heterocycles. The molecule has 0 bridgehead atoms. The van der Waals surface area contributed by atoms with Crippen LogP contribution in [-0.2, 0) is 0 Å². The van der Waals surface area contributed by atoms with Crippen LogP contribution < -0.4 is 0 Å². The molecule has 0 saturated carbocycles. The van der Waals surface area contributed by atoms with E-state index in [0.29, 0.717) is 5.56 Å². The molecular weight excluding hydrogens is 175 g/mol. The van der Waals surface area contributed by atoms with Crippen molar-refractivity contribution in [3.05, 3.63) is 29.6 Å². The van der Waals surface area contributed by atoms with Gasteiger partial charge in [-0.3, -0.25) is 0 Å². The van der Waals surface area contributed by atoms with E-state index in [1.165, 1.54) is 6.07 Å². The quantitative estimate of drug-likeness (QED) is 0.766. The highest BCUT2D eigenvalue weighted by Crippen LogP contribution is 2.29. The molecule has 1 aromatic carbocycles. The van der Waals surface area contributed by atoms with Crippen molar-refractivity contribution in [3.8, 4) is 5.75 Å². The first-order valence-corrected chi connectivity index (χ1v) is 4.95. The largest absolute Gasteiger partial charge is 0.508 e. The first-order valence-electron chi connectivity index (χ1n) is 3.66. The number of aromatic hydroxyl groups is 1. The molecule has 0 radical (unpaired) electrons. The van der Waals surface area contributed by atoms with E-state index in [0.717, 1.165) is 6.07 Å². The van der Waals surface area contributed by atoms with Crippen LogP contribution in [0.25, 0.3) is 0 Å². The van der Waals surface area contributed by atoms with Gasteiger partial charge in [-0.1, -0.05) is 6.07 Å². The van der Waals surface area contributed by atoms with E-state index in [-0.39, 0.29) is 16.8 Å². The van der Waals surface area contributed by atoms with Crippen LogP contribution in [0.1, 0.15) is 17.7 Å². The maximum Gasteiger partial charge on any atom is 0.131 e. The summed E-state index contributed by atoms with van der Waals surface area (Å²) >= 11 is 1.58. The van der Waals surface area contributed by atoms with Gasteiger partial charge in [0.15, 0.2) is 0 Å². The zero-order chi connectivity index (χ0) is 9.14. The number of rotatable bonds is 2. The zero-order valence-electron chi connectivity index (χ0n) is 7.04. The van der Waals surface area contributed by atoms with E-state index in [9.17, 15) is 4.39 Å². The third kappa shape index (κ3) is 1.91. The molecule has 0 fully saturated rings. The number of benzene rings is 1. The molecule has 66 valence electrons. The van der Waals surface area contributed by atoms with Crippen LogP contribution in [0.15, 0.2) is 18.2 Å². The summed E-state index contributed by atoms with van der Waals surface area (Å²) in [7, 11) is 0. The van der Waals surface area contributed by atoms with E-state index in [4.69, 9.17) is 5.11 Å². The Labute approximate surface area is 75.6 Å². The third-order valence-electron chi connectivity index (χ3n) is 1.78. The van der Waals surface area contributed by atoms with Crippen LogP contribution in [-0.4, -0.2) is 11.4 Å². The van der Waals surface area contributed by atoms with Crippen molar-refractivity contribution in [1.82, 2.24) is 0 Å². The summed E-state index contributed by atoms with van der Waals surface area (Å²) in [5.41, 5.74) is 0.639.